The monoisotopic (exact) mass is 273 g/mol. The zero-order valence-corrected chi connectivity index (χ0v) is 13.5. The maximum Gasteiger partial charge on any atom is -0.00176 e. The van der Waals surface area contributed by atoms with E-state index < -0.39 is 0 Å². The molecule has 1 aromatic carbocycles. The van der Waals surface area contributed by atoms with E-state index in [2.05, 4.69) is 50.4 Å². The van der Waals surface area contributed by atoms with Gasteiger partial charge in [-0.15, -0.1) is 0 Å². The fourth-order valence-electron chi connectivity index (χ4n) is 3.50. The highest BCUT2D eigenvalue weighted by Gasteiger charge is 2.25. The lowest BCUT2D eigenvalue weighted by Gasteiger charge is -2.32. The van der Waals surface area contributed by atoms with Crippen LogP contribution in [0.15, 0.2) is 24.3 Å². The van der Waals surface area contributed by atoms with Gasteiger partial charge in [0.1, 0.15) is 0 Å². The van der Waals surface area contributed by atoms with Crippen LogP contribution in [-0.2, 0) is 6.42 Å². The van der Waals surface area contributed by atoms with Crippen LogP contribution in [-0.4, -0.2) is 13.1 Å². The third kappa shape index (κ3) is 4.63. The maximum absolute atomic E-state index is 3.68. The maximum atomic E-state index is 3.68. The third-order valence-corrected chi connectivity index (χ3v) is 4.77. The van der Waals surface area contributed by atoms with Crippen LogP contribution < -0.4 is 5.32 Å². The van der Waals surface area contributed by atoms with E-state index in [0.717, 1.165) is 24.3 Å². The number of hydrogen-bond acceptors (Lipinski definition) is 1. The Kier molecular flexibility index (Phi) is 6.09. The van der Waals surface area contributed by atoms with Gasteiger partial charge in [-0.2, -0.15) is 0 Å². The predicted octanol–water partition coefficient (Wildman–Crippen LogP) is 4.59. The summed E-state index contributed by atoms with van der Waals surface area (Å²) < 4.78 is 0. The summed E-state index contributed by atoms with van der Waals surface area (Å²) in [6, 6.07) is 8.92. The van der Waals surface area contributed by atoms with E-state index in [1.54, 1.807) is 5.56 Å². The average Bonchev–Trinajstić information content (AvgIpc) is 2.43. The summed E-state index contributed by atoms with van der Waals surface area (Å²) >= 11 is 0. The second kappa shape index (κ2) is 7.83. The summed E-state index contributed by atoms with van der Waals surface area (Å²) in [5.41, 5.74) is 3.03. The molecule has 20 heavy (non-hydrogen) atoms. The van der Waals surface area contributed by atoms with E-state index in [4.69, 9.17) is 0 Å². The molecule has 1 fully saturated rings. The highest BCUT2D eigenvalue weighted by Crippen LogP contribution is 2.32. The van der Waals surface area contributed by atoms with Crippen LogP contribution in [0.5, 0.6) is 0 Å². The molecule has 2 unspecified atom stereocenters. The van der Waals surface area contributed by atoms with E-state index in [9.17, 15) is 0 Å². The van der Waals surface area contributed by atoms with Gasteiger partial charge in [-0.25, -0.2) is 0 Å². The minimum Gasteiger partial charge on any atom is -0.316 e. The van der Waals surface area contributed by atoms with E-state index in [1.807, 2.05) is 0 Å². The van der Waals surface area contributed by atoms with Gasteiger partial charge in [-0.3, -0.25) is 0 Å². The molecule has 0 radical (unpaired) electrons. The van der Waals surface area contributed by atoms with E-state index in [0.29, 0.717) is 0 Å². The van der Waals surface area contributed by atoms with Crippen molar-refractivity contribution in [1.29, 1.82) is 0 Å². The highest BCUT2D eigenvalue weighted by molar-refractivity contribution is 5.26. The van der Waals surface area contributed by atoms with Crippen molar-refractivity contribution in [3.8, 4) is 0 Å². The normalized spacial score (nSPS) is 23.2. The minimum absolute atomic E-state index is 0.758. The summed E-state index contributed by atoms with van der Waals surface area (Å²) in [4.78, 5) is 0. The van der Waals surface area contributed by atoms with Crippen molar-refractivity contribution in [3.63, 3.8) is 0 Å². The second-order valence-electron chi connectivity index (χ2n) is 6.99. The summed E-state index contributed by atoms with van der Waals surface area (Å²) in [6.45, 7) is 9.21. The molecule has 1 aliphatic rings. The lowest BCUT2D eigenvalue weighted by molar-refractivity contribution is 0.226. The summed E-state index contributed by atoms with van der Waals surface area (Å²) in [5.74, 6) is 2.51. The van der Waals surface area contributed by atoms with E-state index >= 15 is 0 Å². The van der Waals surface area contributed by atoms with Gasteiger partial charge in [0.2, 0.25) is 0 Å². The van der Waals surface area contributed by atoms with Gasteiger partial charge in [0, 0.05) is 0 Å². The van der Waals surface area contributed by atoms with E-state index in [1.165, 1.54) is 44.2 Å². The molecular weight excluding hydrogens is 242 g/mol. The van der Waals surface area contributed by atoms with Crippen molar-refractivity contribution in [2.24, 2.45) is 17.8 Å². The molecule has 1 saturated carbocycles. The van der Waals surface area contributed by atoms with Gasteiger partial charge in [-0.05, 0) is 68.2 Å². The Morgan fingerprint density at radius 3 is 2.50 bits per heavy atom. The van der Waals surface area contributed by atoms with Crippen LogP contribution in [0.25, 0.3) is 0 Å². The number of hydrogen-bond donors (Lipinski definition) is 1. The van der Waals surface area contributed by atoms with Crippen molar-refractivity contribution in [3.05, 3.63) is 35.4 Å². The number of rotatable bonds is 6. The van der Waals surface area contributed by atoms with Crippen LogP contribution in [0.3, 0.4) is 0 Å². The van der Waals surface area contributed by atoms with Gasteiger partial charge < -0.3 is 5.32 Å². The standard InChI is InChI=1S/C19H31N/c1-15(2)13-20-14-19-11-7-6-10-18(19)12-17-9-5-4-8-16(17)3/h4-5,8-9,15,18-20H,6-7,10-14H2,1-3H3. The molecule has 0 aliphatic heterocycles. The van der Waals surface area contributed by atoms with Crippen molar-refractivity contribution in [1.82, 2.24) is 5.32 Å². The van der Waals surface area contributed by atoms with Gasteiger partial charge in [-0.1, -0.05) is 51.0 Å². The molecule has 1 aliphatic carbocycles. The van der Waals surface area contributed by atoms with Gasteiger partial charge in [0.15, 0.2) is 0 Å². The van der Waals surface area contributed by atoms with Gasteiger partial charge in [0.05, 0.1) is 0 Å². The first-order chi connectivity index (χ1) is 9.66. The Balaban J connectivity index is 1.91. The number of nitrogens with one attached hydrogen (secondary N) is 1. The molecule has 0 amide bonds. The van der Waals surface area contributed by atoms with Crippen LogP contribution in [0.1, 0.15) is 50.7 Å². The van der Waals surface area contributed by atoms with Gasteiger partial charge in [0.25, 0.3) is 0 Å². The summed E-state index contributed by atoms with van der Waals surface area (Å²) in [7, 11) is 0. The zero-order valence-electron chi connectivity index (χ0n) is 13.5. The van der Waals surface area contributed by atoms with Gasteiger partial charge >= 0.3 is 0 Å². The fourth-order valence-corrected chi connectivity index (χ4v) is 3.50. The van der Waals surface area contributed by atoms with Crippen molar-refractivity contribution in [2.45, 2.75) is 52.9 Å². The van der Waals surface area contributed by atoms with Crippen molar-refractivity contribution in [2.75, 3.05) is 13.1 Å². The lowest BCUT2D eigenvalue weighted by Crippen LogP contribution is -2.33. The predicted molar refractivity (Wildman–Crippen MR) is 88.0 cm³/mol. The van der Waals surface area contributed by atoms with Crippen molar-refractivity contribution < 1.29 is 0 Å². The van der Waals surface area contributed by atoms with Crippen LogP contribution >= 0.6 is 0 Å². The molecule has 112 valence electrons. The first-order valence-corrected chi connectivity index (χ1v) is 8.42. The lowest BCUT2D eigenvalue weighted by atomic mass is 9.75. The largest absolute Gasteiger partial charge is 0.316 e. The first kappa shape index (κ1) is 15.6. The summed E-state index contributed by atoms with van der Waals surface area (Å²) in [5, 5.41) is 3.68. The number of aryl methyl sites for hydroxylation is 1. The first-order valence-electron chi connectivity index (χ1n) is 8.42. The molecule has 1 heteroatoms. The number of benzene rings is 1. The smallest absolute Gasteiger partial charge is 0.00176 e. The Bertz CT molecular complexity index is 397. The van der Waals surface area contributed by atoms with Crippen LogP contribution in [0.4, 0.5) is 0 Å². The Morgan fingerprint density at radius 1 is 1.10 bits per heavy atom. The molecule has 2 atom stereocenters. The summed E-state index contributed by atoms with van der Waals surface area (Å²) in [6.07, 6.45) is 6.97. The fraction of sp³-hybridized carbons (Fsp3) is 0.684. The van der Waals surface area contributed by atoms with Crippen molar-refractivity contribution >= 4 is 0 Å². The molecule has 1 nitrogen and oxygen atoms in total. The van der Waals surface area contributed by atoms with Crippen LogP contribution in [0, 0.1) is 24.7 Å². The third-order valence-electron chi connectivity index (χ3n) is 4.77. The molecule has 0 bridgehead atoms. The van der Waals surface area contributed by atoms with Crippen LogP contribution in [0.2, 0.25) is 0 Å². The highest BCUT2D eigenvalue weighted by atomic mass is 14.9. The SMILES string of the molecule is Cc1ccccc1CC1CCCCC1CNCC(C)C. The zero-order chi connectivity index (χ0) is 14.4. The molecular formula is C19H31N. The second-order valence-corrected chi connectivity index (χ2v) is 6.99. The molecule has 0 aromatic heterocycles. The molecule has 1 aromatic rings. The average molecular weight is 273 g/mol. The Morgan fingerprint density at radius 2 is 1.80 bits per heavy atom. The molecule has 0 spiro atoms. The quantitative estimate of drug-likeness (QED) is 0.799. The Labute approximate surface area is 125 Å². The molecule has 1 N–H and O–H groups in total. The van der Waals surface area contributed by atoms with E-state index in [-0.39, 0.29) is 0 Å². The molecule has 0 heterocycles. The molecule has 0 saturated heterocycles. The molecule has 2 rings (SSSR count). The topological polar surface area (TPSA) is 12.0 Å². The Hall–Kier alpha value is -0.820. The minimum atomic E-state index is 0.758.